The number of carbonyl (C=O) groups is 1. The van der Waals surface area contributed by atoms with E-state index in [1.165, 1.54) is 25.1 Å². The molecule has 0 radical (unpaired) electrons. The van der Waals surface area contributed by atoms with Gasteiger partial charge in [0.15, 0.2) is 0 Å². The average molecular weight is 224 g/mol. The van der Waals surface area contributed by atoms with Crippen molar-refractivity contribution in [2.75, 3.05) is 0 Å². The van der Waals surface area contributed by atoms with E-state index < -0.39 is 15.8 Å². The molecule has 1 N–H and O–H groups in total. The van der Waals surface area contributed by atoms with Gasteiger partial charge in [-0.3, -0.25) is 0 Å². The summed E-state index contributed by atoms with van der Waals surface area (Å²) >= 11 is 0. The van der Waals surface area contributed by atoms with Crippen molar-refractivity contribution >= 4 is 21.9 Å². The molecule has 0 unspecified atom stereocenters. The van der Waals surface area contributed by atoms with E-state index in [1.807, 2.05) is 0 Å². The number of hydrogen-bond donors (Lipinski definition) is 1. The Balaban J connectivity index is 2.85. The standard InChI is InChI=1S/C10H8O4S/c1-6-5-7-3-2-4-8(10(11)12)9(7)15(6,13)14/h2-5H,1H3,(H,11,12). The van der Waals surface area contributed by atoms with E-state index in [-0.39, 0.29) is 15.4 Å². The van der Waals surface area contributed by atoms with Crippen LogP contribution in [0.4, 0.5) is 0 Å². The van der Waals surface area contributed by atoms with Crippen LogP contribution in [0.5, 0.6) is 0 Å². The van der Waals surface area contributed by atoms with Crippen molar-refractivity contribution in [3.05, 3.63) is 34.2 Å². The lowest BCUT2D eigenvalue weighted by atomic mass is 10.1. The molecule has 0 aliphatic carbocycles. The Bertz CT molecular complexity index is 581. The summed E-state index contributed by atoms with van der Waals surface area (Å²) in [6.45, 7) is 1.46. The fraction of sp³-hybridized carbons (Fsp3) is 0.100. The molecule has 5 heteroatoms. The molecule has 0 saturated carbocycles. The third-order valence-electron chi connectivity index (χ3n) is 2.33. The summed E-state index contributed by atoms with van der Waals surface area (Å²) < 4.78 is 23.6. The molecule has 2 rings (SSSR count). The highest BCUT2D eigenvalue weighted by Gasteiger charge is 2.31. The number of fused-ring (bicyclic) bond motifs is 1. The summed E-state index contributed by atoms with van der Waals surface area (Å²) in [5.74, 6) is -1.22. The molecule has 78 valence electrons. The maximum atomic E-state index is 11.8. The quantitative estimate of drug-likeness (QED) is 0.785. The van der Waals surface area contributed by atoms with E-state index in [0.29, 0.717) is 5.56 Å². The van der Waals surface area contributed by atoms with Crippen molar-refractivity contribution in [2.24, 2.45) is 0 Å². The Hall–Kier alpha value is -1.62. The fourth-order valence-corrected chi connectivity index (χ4v) is 3.08. The molecule has 0 amide bonds. The summed E-state index contributed by atoms with van der Waals surface area (Å²) in [4.78, 5) is 11.0. The topological polar surface area (TPSA) is 71.4 Å². The molecule has 4 nitrogen and oxygen atoms in total. The van der Waals surface area contributed by atoms with Gasteiger partial charge < -0.3 is 5.11 Å². The van der Waals surface area contributed by atoms with Gasteiger partial charge in [-0.2, -0.15) is 0 Å². The molecular formula is C10H8O4S. The first-order valence-corrected chi connectivity index (χ1v) is 5.72. The highest BCUT2D eigenvalue weighted by atomic mass is 32.2. The zero-order valence-electron chi connectivity index (χ0n) is 7.89. The summed E-state index contributed by atoms with van der Waals surface area (Å²) in [5, 5.41) is 8.88. The van der Waals surface area contributed by atoms with E-state index in [1.54, 1.807) is 6.07 Å². The highest BCUT2D eigenvalue weighted by molar-refractivity contribution is 7.95. The number of allylic oxidation sites excluding steroid dienone is 1. The van der Waals surface area contributed by atoms with Gasteiger partial charge in [0.05, 0.1) is 10.5 Å². The molecule has 1 aliphatic heterocycles. The van der Waals surface area contributed by atoms with Crippen LogP contribution in [0.1, 0.15) is 22.8 Å². The van der Waals surface area contributed by atoms with Crippen LogP contribution in [0, 0.1) is 0 Å². The normalized spacial score (nSPS) is 17.0. The summed E-state index contributed by atoms with van der Waals surface area (Å²) in [6, 6.07) is 4.42. The van der Waals surface area contributed by atoms with Crippen LogP contribution >= 0.6 is 0 Å². The minimum atomic E-state index is -3.58. The van der Waals surface area contributed by atoms with Crippen LogP contribution < -0.4 is 0 Å². The van der Waals surface area contributed by atoms with Gasteiger partial charge in [-0.05, 0) is 24.6 Å². The molecular weight excluding hydrogens is 216 g/mol. The summed E-state index contributed by atoms with van der Waals surface area (Å²) in [5.41, 5.74) is 0.285. The lowest BCUT2D eigenvalue weighted by Crippen LogP contribution is -2.07. The van der Waals surface area contributed by atoms with Crippen molar-refractivity contribution in [1.82, 2.24) is 0 Å². The molecule has 0 fully saturated rings. The first-order valence-electron chi connectivity index (χ1n) is 4.24. The van der Waals surface area contributed by atoms with E-state index in [2.05, 4.69) is 0 Å². The second-order valence-corrected chi connectivity index (χ2v) is 5.35. The van der Waals surface area contributed by atoms with Crippen molar-refractivity contribution in [2.45, 2.75) is 11.8 Å². The number of hydrogen-bond acceptors (Lipinski definition) is 3. The second-order valence-electron chi connectivity index (χ2n) is 3.29. The predicted octanol–water partition coefficient (Wildman–Crippen LogP) is 1.53. The third kappa shape index (κ3) is 1.27. The SMILES string of the molecule is CC1=Cc2cccc(C(=O)O)c2S1(=O)=O. The first-order chi connectivity index (χ1) is 6.94. The van der Waals surface area contributed by atoms with Crippen LogP contribution in [0.15, 0.2) is 28.0 Å². The van der Waals surface area contributed by atoms with Gasteiger partial charge in [0.25, 0.3) is 0 Å². The highest BCUT2D eigenvalue weighted by Crippen LogP contribution is 2.34. The van der Waals surface area contributed by atoms with Gasteiger partial charge in [-0.1, -0.05) is 12.1 Å². The fourth-order valence-electron chi connectivity index (χ4n) is 1.59. The van der Waals surface area contributed by atoms with Crippen molar-refractivity contribution < 1.29 is 18.3 Å². The monoisotopic (exact) mass is 224 g/mol. The molecule has 0 saturated heterocycles. The number of carboxylic acid groups (broad SMARTS) is 1. The Morgan fingerprint density at radius 1 is 1.33 bits per heavy atom. The van der Waals surface area contributed by atoms with E-state index in [9.17, 15) is 13.2 Å². The van der Waals surface area contributed by atoms with Gasteiger partial charge in [-0.15, -0.1) is 0 Å². The van der Waals surface area contributed by atoms with Gasteiger partial charge in [0.1, 0.15) is 0 Å². The van der Waals surface area contributed by atoms with Crippen molar-refractivity contribution in [3.8, 4) is 0 Å². The lowest BCUT2D eigenvalue weighted by molar-refractivity contribution is 0.0692. The molecule has 0 bridgehead atoms. The Morgan fingerprint density at radius 3 is 2.60 bits per heavy atom. The van der Waals surface area contributed by atoms with Gasteiger partial charge in [-0.25, -0.2) is 13.2 Å². The van der Waals surface area contributed by atoms with Crippen LogP contribution in [0.25, 0.3) is 6.08 Å². The lowest BCUT2D eigenvalue weighted by Gasteiger charge is -2.03. The maximum Gasteiger partial charge on any atom is 0.337 e. The predicted molar refractivity (Wildman–Crippen MR) is 54.2 cm³/mol. The van der Waals surface area contributed by atoms with Crippen LogP contribution in [0.2, 0.25) is 0 Å². The minimum Gasteiger partial charge on any atom is -0.478 e. The van der Waals surface area contributed by atoms with Crippen LogP contribution in [-0.4, -0.2) is 19.5 Å². The van der Waals surface area contributed by atoms with E-state index >= 15 is 0 Å². The Kier molecular flexibility index (Phi) is 1.94. The summed E-state index contributed by atoms with van der Waals surface area (Å²) in [6.07, 6.45) is 1.48. The van der Waals surface area contributed by atoms with Gasteiger partial charge >= 0.3 is 5.97 Å². The Labute approximate surface area is 86.8 Å². The van der Waals surface area contributed by atoms with Crippen molar-refractivity contribution in [1.29, 1.82) is 0 Å². The number of benzene rings is 1. The van der Waals surface area contributed by atoms with Gasteiger partial charge in [0.2, 0.25) is 9.84 Å². The largest absolute Gasteiger partial charge is 0.478 e. The summed E-state index contributed by atoms with van der Waals surface area (Å²) in [7, 11) is -3.58. The van der Waals surface area contributed by atoms with E-state index in [0.717, 1.165) is 0 Å². The molecule has 1 aliphatic rings. The smallest absolute Gasteiger partial charge is 0.337 e. The molecule has 1 heterocycles. The minimum absolute atomic E-state index is 0.0880. The number of carboxylic acids is 1. The molecule has 1 aromatic carbocycles. The second kappa shape index (κ2) is 2.93. The number of sulfone groups is 1. The van der Waals surface area contributed by atoms with Crippen LogP contribution in [0.3, 0.4) is 0 Å². The van der Waals surface area contributed by atoms with Crippen LogP contribution in [-0.2, 0) is 9.84 Å². The zero-order valence-corrected chi connectivity index (χ0v) is 8.71. The number of aromatic carboxylic acids is 1. The molecule has 15 heavy (non-hydrogen) atoms. The van der Waals surface area contributed by atoms with E-state index in [4.69, 9.17) is 5.11 Å². The molecule has 0 spiro atoms. The average Bonchev–Trinajstić information content (AvgIpc) is 2.38. The zero-order chi connectivity index (χ0) is 11.2. The molecule has 0 atom stereocenters. The van der Waals surface area contributed by atoms with Crippen molar-refractivity contribution in [3.63, 3.8) is 0 Å². The molecule has 0 aromatic heterocycles. The third-order valence-corrected chi connectivity index (χ3v) is 4.29. The number of rotatable bonds is 1. The Morgan fingerprint density at radius 2 is 2.00 bits per heavy atom. The molecule has 1 aromatic rings. The van der Waals surface area contributed by atoms with Gasteiger partial charge in [0, 0.05) is 4.91 Å². The maximum absolute atomic E-state index is 11.8. The first kappa shape index (κ1) is 9.92.